The molecular formula is C14H18FNO3. The number of rotatable bonds is 3. The fraction of sp³-hybridized carbons (Fsp3) is 0.429. The summed E-state index contributed by atoms with van der Waals surface area (Å²) >= 11 is 0. The number of amides is 1. The molecule has 19 heavy (non-hydrogen) atoms. The average molecular weight is 267 g/mol. The summed E-state index contributed by atoms with van der Waals surface area (Å²) in [6.45, 7) is 6.77. The molecule has 0 aliphatic heterocycles. The zero-order chi connectivity index (χ0) is 14.6. The summed E-state index contributed by atoms with van der Waals surface area (Å²) in [6.07, 6.45) is -0.108. The second-order valence-electron chi connectivity index (χ2n) is 5.27. The van der Waals surface area contributed by atoms with Crippen molar-refractivity contribution in [1.29, 1.82) is 0 Å². The van der Waals surface area contributed by atoms with Crippen molar-refractivity contribution in [3.8, 4) is 0 Å². The molecule has 1 aromatic carbocycles. The SMILES string of the molecule is Cc1cc(C(C=O)NC(=O)OC(C)(C)C)ccc1F. The Kier molecular flexibility index (Phi) is 4.64. The molecule has 0 fully saturated rings. The molecule has 0 aromatic heterocycles. The lowest BCUT2D eigenvalue weighted by molar-refractivity contribution is -0.109. The highest BCUT2D eigenvalue weighted by molar-refractivity contribution is 5.74. The van der Waals surface area contributed by atoms with E-state index in [1.165, 1.54) is 18.2 Å². The van der Waals surface area contributed by atoms with Gasteiger partial charge in [-0.2, -0.15) is 0 Å². The van der Waals surface area contributed by atoms with Gasteiger partial charge >= 0.3 is 6.09 Å². The summed E-state index contributed by atoms with van der Waals surface area (Å²) in [5.41, 5.74) is 0.283. The smallest absolute Gasteiger partial charge is 0.408 e. The van der Waals surface area contributed by atoms with Gasteiger partial charge in [0.25, 0.3) is 0 Å². The van der Waals surface area contributed by atoms with Crippen LogP contribution in [0.5, 0.6) is 0 Å². The van der Waals surface area contributed by atoms with Gasteiger partial charge in [-0.05, 0) is 44.9 Å². The van der Waals surface area contributed by atoms with Crippen molar-refractivity contribution in [1.82, 2.24) is 5.32 Å². The van der Waals surface area contributed by atoms with E-state index in [9.17, 15) is 14.0 Å². The number of carbonyl (C=O) groups excluding carboxylic acids is 2. The van der Waals surface area contributed by atoms with Crippen LogP contribution in [0, 0.1) is 12.7 Å². The van der Waals surface area contributed by atoms with Gasteiger partial charge in [0.05, 0.1) is 0 Å². The van der Waals surface area contributed by atoms with Crippen LogP contribution >= 0.6 is 0 Å². The molecule has 0 heterocycles. The van der Waals surface area contributed by atoms with Crippen LogP contribution in [0.15, 0.2) is 18.2 Å². The van der Waals surface area contributed by atoms with Gasteiger partial charge in [-0.3, -0.25) is 0 Å². The first-order valence-electron chi connectivity index (χ1n) is 5.94. The Morgan fingerprint density at radius 1 is 1.42 bits per heavy atom. The molecule has 0 aliphatic rings. The lowest BCUT2D eigenvalue weighted by Gasteiger charge is -2.21. The van der Waals surface area contributed by atoms with Crippen LogP contribution in [0.3, 0.4) is 0 Å². The van der Waals surface area contributed by atoms with Gasteiger partial charge in [0.15, 0.2) is 0 Å². The minimum Gasteiger partial charge on any atom is -0.444 e. The summed E-state index contributed by atoms with van der Waals surface area (Å²) in [7, 11) is 0. The van der Waals surface area contributed by atoms with E-state index in [0.29, 0.717) is 17.4 Å². The molecule has 1 N–H and O–H groups in total. The predicted molar refractivity (Wildman–Crippen MR) is 69.3 cm³/mol. The second-order valence-corrected chi connectivity index (χ2v) is 5.27. The van der Waals surface area contributed by atoms with Gasteiger partial charge in [-0.25, -0.2) is 9.18 Å². The van der Waals surface area contributed by atoms with Crippen molar-refractivity contribution in [2.45, 2.75) is 39.3 Å². The van der Waals surface area contributed by atoms with Crippen molar-refractivity contribution >= 4 is 12.4 Å². The van der Waals surface area contributed by atoms with Gasteiger partial charge in [0, 0.05) is 0 Å². The Labute approximate surface area is 112 Å². The van der Waals surface area contributed by atoms with Crippen molar-refractivity contribution in [2.75, 3.05) is 0 Å². The molecule has 1 aromatic rings. The van der Waals surface area contributed by atoms with E-state index in [2.05, 4.69) is 5.32 Å². The van der Waals surface area contributed by atoms with E-state index in [1.807, 2.05) is 0 Å². The van der Waals surface area contributed by atoms with Crippen LogP contribution in [-0.2, 0) is 9.53 Å². The van der Waals surface area contributed by atoms with Crippen LogP contribution < -0.4 is 5.32 Å². The largest absolute Gasteiger partial charge is 0.444 e. The first-order valence-corrected chi connectivity index (χ1v) is 5.94. The lowest BCUT2D eigenvalue weighted by atomic mass is 10.1. The average Bonchev–Trinajstić information content (AvgIpc) is 2.27. The molecule has 1 rings (SSSR count). The van der Waals surface area contributed by atoms with Crippen LogP contribution in [0.1, 0.15) is 37.9 Å². The highest BCUT2D eigenvalue weighted by atomic mass is 19.1. The number of benzene rings is 1. The van der Waals surface area contributed by atoms with Gasteiger partial charge in [-0.1, -0.05) is 12.1 Å². The Bertz CT molecular complexity index is 480. The van der Waals surface area contributed by atoms with E-state index in [-0.39, 0.29) is 5.82 Å². The minimum atomic E-state index is -0.853. The standard InChI is InChI=1S/C14H18FNO3/c1-9-7-10(5-6-11(9)15)12(8-17)16-13(18)19-14(2,3)4/h5-8,12H,1-4H3,(H,16,18). The first kappa shape index (κ1) is 15.1. The summed E-state index contributed by atoms with van der Waals surface area (Å²) in [4.78, 5) is 22.6. The van der Waals surface area contributed by atoms with Crippen molar-refractivity contribution in [3.05, 3.63) is 35.1 Å². The number of halogens is 1. The van der Waals surface area contributed by atoms with Gasteiger partial charge in [-0.15, -0.1) is 0 Å². The molecule has 0 saturated heterocycles. The van der Waals surface area contributed by atoms with Gasteiger partial charge in [0.2, 0.25) is 0 Å². The maximum atomic E-state index is 13.2. The Morgan fingerprint density at radius 3 is 2.53 bits per heavy atom. The summed E-state index contributed by atoms with van der Waals surface area (Å²) < 4.78 is 18.2. The molecule has 1 unspecified atom stereocenters. The second kappa shape index (κ2) is 5.82. The summed E-state index contributed by atoms with van der Waals surface area (Å²) in [6, 6.07) is 3.39. The molecule has 0 saturated carbocycles. The number of hydrogen-bond donors (Lipinski definition) is 1. The third kappa shape index (κ3) is 4.69. The van der Waals surface area contributed by atoms with E-state index in [4.69, 9.17) is 4.74 Å². The maximum absolute atomic E-state index is 13.2. The molecule has 104 valence electrons. The fourth-order valence-electron chi connectivity index (χ4n) is 1.49. The van der Waals surface area contributed by atoms with Crippen LogP contribution in [0.25, 0.3) is 0 Å². The summed E-state index contributed by atoms with van der Waals surface area (Å²) in [5, 5.41) is 2.43. The zero-order valence-corrected chi connectivity index (χ0v) is 11.5. The van der Waals surface area contributed by atoms with Crippen molar-refractivity contribution in [3.63, 3.8) is 0 Å². The van der Waals surface area contributed by atoms with Crippen LogP contribution in [0.4, 0.5) is 9.18 Å². The highest BCUT2D eigenvalue weighted by Crippen LogP contribution is 2.16. The predicted octanol–water partition coefficient (Wildman–Crippen LogP) is 2.90. The third-order valence-electron chi connectivity index (χ3n) is 2.35. The topological polar surface area (TPSA) is 55.4 Å². The number of aryl methyl sites for hydroxylation is 1. The van der Waals surface area contributed by atoms with Crippen LogP contribution in [0.2, 0.25) is 0 Å². The number of nitrogens with one attached hydrogen (secondary N) is 1. The maximum Gasteiger partial charge on any atom is 0.408 e. The van der Waals surface area contributed by atoms with Gasteiger partial charge in [0.1, 0.15) is 23.7 Å². The molecule has 0 aliphatic carbocycles. The third-order valence-corrected chi connectivity index (χ3v) is 2.35. The Hall–Kier alpha value is -1.91. The normalized spacial score (nSPS) is 12.7. The number of carbonyl (C=O) groups is 2. The van der Waals surface area contributed by atoms with E-state index in [0.717, 1.165) is 0 Å². The number of ether oxygens (including phenoxy) is 1. The molecule has 1 amide bonds. The lowest BCUT2D eigenvalue weighted by Crippen LogP contribution is -2.35. The molecule has 0 radical (unpaired) electrons. The molecule has 0 spiro atoms. The number of aldehydes is 1. The molecular weight excluding hydrogens is 249 g/mol. The number of hydrogen-bond acceptors (Lipinski definition) is 3. The Balaban J connectivity index is 2.81. The molecule has 5 heteroatoms. The zero-order valence-electron chi connectivity index (χ0n) is 11.5. The highest BCUT2D eigenvalue weighted by Gasteiger charge is 2.20. The van der Waals surface area contributed by atoms with E-state index in [1.54, 1.807) is 27.7 Å². The Morgan fingerprint density at radius 2 is 2.05 bits per heavy atom. The van der Waals surface area contributed by atoms with Crippen molar-refractivity contribution in [2.24, 2.45) is 0 Å². The summed E-state index contributed by atoms with van der Waals surface area (Å²) in [5.74, 6) is -0.356. The van der Waals surface area contributed by atoms with Crippen molar-refractivity contribution < 1.29 is 18.7 Å². The molecule has 1 atom stereocenters. The van der Waals surface area contributed by atoms with E-state index < -0.39 is 17.7 Å². The quantitative estimate of drug-likeness (QED) is 0.857. The fourth-order valence-corrected chi connectivity index (χ4v) is 1.49. The van der Waals surface area contributed by atoms with Gasteiger partial charge < -0.3 is 14.8 Å². The monoisotopic (exact) mass is 267 g/mol. The first-order chi connectivity index (χ1) is 8.73. The molecule has 0 bridgehead atoms. The minimum absolute atomic E-state index is 0.356. The van der Waals surface area contributed by atoms with E-state index >= 15 is 0 Å². The van der Waals surface area contributed by atoms with Crippen LogP contribution in [-0.4, -0.2) is 18.0 Å². The number of alkyl carbamates (subject to hydrolysis) is 1. The molecule has 4 nitrogen and oxygen atoms in total.